The second kappa shape index (κ2) is 4.84. The van der Waals surface area contributed by atoms with Gasteiger partial charge in [-0.25, -0.2) is 0 Å². The quantitative estimate of drug-likeness (QED) is 0.817. The van der Waals surface area contributed by atoms with Crippen molar-refractivity contribution in [1.82, 2.24) is 4.90 Å². The van der Waals surface area contributed by atoms with Gasteiger partial charge in [0.1, 0.15) is 0 Å². The first kappa shape index (κ1) is 14.3. The maximum Gasteiger partial charge on any atom is 0.417 e. The van der Waals surface area contributed by atoms with Crippen molar-refractivity contribution in [2.24, 2.45) is 5.92 Å². The van der Waals surface area contributed by atoms with Crippen LogP contribution in [0.5, 0.6) is 0 Å². The Balaban J connectivity index is 2.54. The van der Waals surface area contributed by atoms with Gasteiger partial charge >= 0.3 is 6.18 Å². The van der Waals surface area contributed by atoms with Crippen molar-refractivity contribution >= 4 is 5.91 Å². The average Bonchev–Trinajstić information content (AvgIpc) is 2.15. The Morgan fingerprint density at radius 2 is 1.82 bits per heavy atom. The van der Waals surface area contributed by atoms with Gasteiger partial charge in [-0.2, -0.15) is 13.2 Å². The zero-order valence-corrected chi connectivity index (χ0v) is 10.0. The van der Waals surface area contributed by atoms with E-state index in [0.717, 1.165) is 0 Å². The van der Waals surface area contributed by atoms with Crippen LogP contribution in [0.3, 0.4) is 0 Å². The van der Waals surface area contributed by atoms with Crippen LogP contribution in [0, 0.1) is 5.92 Å². The summed E-state index contributed by atoms with van der Waals surface area (Å²) in [6.07, 6.45) is -5.13. The van der Waals surface area contributed by atoms with Gasteiger partial charge in [0.15, 0.2) is 5.60 Å². The van der Waals surface area contributed by atoms with Crippen molar-refractivity contribution in [2.75, 3.05) is 13.1 Å². The highest BCUT2D eigenvalue weighted by Crippen LogP contribution is 2.38. The molecule has 0 aliphatic carbocycles. The zero-order valence-electron chi connectivity index (χ0n) is 10.0. The number of piperidine rings is 1. The van der Waals surface area contributed by atoms with E-state index in [-0.39, 0.29) is 24.9 Å². The van der Waals surface area contributed by atoms with Gasteiger partial charge in [0.2, 0.25) is 5.91 Å². The van der Waals surface area contributed by atoms with Crippen molar-refractivity contribution in [3.05, 3.63) is 0 Å². The number of likely N-dealkylation sites (tertiary alicyclic amines) is 1. The van der Waals surface area contributed by atoms with Gasteiger partial charge in [-0.1, -0.05) is 13.8 Å². The molecule has 0 saturated carbocycles. The Hall–Kier alpha value is -0.780. The van der Waals surface area contributed by atoms with Crippen molar-refractivity contribution in [3.8, 4) is 0 Å². The smallest absolute Gasteiger partial charge is 0.380 e. The van der Waals surface area contributed by atoms with Crippen LogP contribution in [0.25, 0.3) is 0 Å². The molecule has 0 aromatic rings. The molecule has 0 bridgehead atoms. The first-order chi connectivity index (χ1) is 7.66. The minimum Gasteiger partial charge on any atom is -0.380 e. The second-order valence-corrected chi connectivity index (χ2v) is 5.01. The monoisotopic (exact) mass is 253 g/mol. The fourth-order valence-electron chi connectivity index (χ4n) is 1.89. The highest BCUT2D eigenvalue weighted by molar-refractivity contribution is 5.76. The molecule has 0 unspecified atom stereocenters. The molecule has 100 valence electrons. The third-order valence-electron chi connectivity index (χ3n) is 3.05. The first-order valence-corrected chi connectivity index (χ1v) is 5.72. The van der Waals surface area contributed by atoms with Gasteiger partial charge in [-0.3, -0.25) is 4.79 Å². The molecule has 1 aliphatic rings. The van der Waals surface area contributed by atoms with Crippen molar-refractivity contribution < 1.29 is 23.1 Å². The van der Waals surface area contributed by atoms with Gasteiger partial charge in [-0.05, 0) is 5.92 Å². The van der Waals surface area contributed by atoms with E-state index >= 15 is 0 Å². The van der Waals surface area contributed by atoms with Crippen LogP contribution in [0.4, 0.5) is 13.2 Å². The molecule has 1 heterocycles. The molecule has 1 fully saturated rings. The minimum atomic E-state index is -4.61. The predicted octanol–water partition coefficient (Wildman–Crippen LogP) is 1.95. The Morgan fingerprint density at radius 1 is 1.35 bits per heavy atom. The number of rotatable bonds is 2. The Labute approximate surface area is 98.6 Å². The number of halogens is 3. The summed E-state index contributed by atoms with van der Waals surface area (Å²) in [5, 5.41) is 9.43. The third kappa shape index (κ3) is 3.34. The lowest BCUT2D eigenvalue weighted by Crippen LogP contribution is -2.54. The van der Waals surface area contributed by atoms with Crippen LogP contribution in [-0.2, 0) is 4.79 Å². The number of alkyl halides is 3. The van der Waals surface area contributed by atoms with E-state index < -0.39 is 24.6 Å². The van der Waals surface area contributed by atoms with Gasteiger partial charge < -0.3 is 10.0 Å². The molecule has 3 nitrogen and oxygen atoms in total. The van der Waals surface area contributed by atoms with E-state index in [1.54, 1.807) is 0 Å². The first-order valence-electron chi connectivity index (χ1n) is 5.72. The number of aliphatic hydroxyl groups is 1. The predicted molar refractivity (Wildman–Crippen MR) is 56.3 cm³/mol. The standard InChI is InChI=1S/C11H18F3NO2/c1-8(2)7-9(16)15-5-3-10(17,4-6-15)11(12,13)14/h8,17H,3-7H2,1-2H3. The van der Waals surface area contributed by atoms with E-state index in [2.05, 4.69) is 0 Å². The number of amides is 1. The van der Waals surface area contributed by atoms with Gasteiger partial charge in [-0.15, -0.1) is 0 Å². The molecular weight excluding hydrogens is 235 g/mol. The molecule has 0 aromatic carbocycles. The zero-order chi connectivity index (χ0) is 13.3. The van der Waals surface area contributed by atoms with Crippen LogP contribution in [0.1, 0.15) is 33.1 Å². The lowest BCUT2D eigenvalue weighted by atomic mass is 9.90. The average molecular weight is 253 g/mol. The highest BCUT2D eigenvalue weighted by Gasteiger charge is 2.54. The van der Waals surface area contributed by atoms with Gasteiger partial charge in [0, 0.05) is 32.4 Å². The van der Waals surface area contributed by atoms with Crippen LogP contribution < -0.4 is 0 Å². The highest BCUT2D eigenvalue weighted by atomic mass is 19.4. The maximum atomic E-state index is 12.5. The topological polar surface area (TPSA) is 40.5 Å². The molecule has 0 radical (unpaired) electrons. The van der Waals surface area contributed by atoms with Crippen molar-refractivity contribution in [2.45, 2.75) is 44.9 Å². The molecule has 1 amide bonds. The van der Waals surface area contributed by atoms with E-state index in [0.29, 0.717) is 6.42 Å². The third-order valence-corrected chi connectivity index (χ3v) is 3.05. The summed E-state index contributed by atoms with van der Waals surface area (Å²) in [6.45, 7) is 3.71. The molecule has 1 N–H and O–H groups in total. The van der Waals surface area contributed by atoms with E-state index in [4.69, 9.17) is 0 Å². The van der Waals surface area contributed by atoms with E-state index in [1.807, 2.05) is 13.8 Å². The number of hydrogen-bond donors (Lipinski definition) is 1. The van der Waals surface area contributed by atoms with Crippen LogP contribution in [-0.4, -0.2) is 40.8 Å². The molecular formula is C11H18F3NO2. The lowest BCUT2D eigenvalue weighted by molar-refractivity contribution is -0.272. The Bertz CT molecular complexity index is 281. The van der Waals surface area contributed by atoms with Crippen LogP contribution in [0.15, 0.2) is 0 Å². The summed E-state index contributed by atoms with van der Waals surface area (Å²) in [4.78, 5) is 13.0. The summed E-state index contributed by atoms with van der Waals surface area (Å²) in [6, 6.07) is 0. The second-order valence-electron chi connectivity index (χ2n) is 5.01. The Kier molecular flexibility index (Phi) is 4.06. The Morgan fingerprint density at radius 3 is 2.18 bits per heavy atom. The molecule has 17 heavy (non-hydrogen) atoms. The summed E-state index contributed by atoms with van der Waals surface area (Å²) in [5.74, 6) is 0.0511. The van der Waals surface area contributed by atoms with Crippen LogP contribution in [0.2, 0.25) is 0 Å². The summed E-state index contributed by atoms with van der Waals surface area (Å²) >= 11 is 0. The number of carbonyl (C=O) groups is 1. The fourth-order valence-corrected chi connectivity index (χ4v) is 1.89. The summed E-state index contributed by atoms with van der Waals surface area (Å²) in [7, 11) is 0. The van der Waals surface area contributed by atoms with Gasteiger partial charge in [0.25, 0.3) is 0 Å². The van der Waals surface area contributed by atoms with Crippen LogP contribution >= 0.6 is 0 Å². The maximum absolute atomic E-state index is 12.5. The molecule has 0 spiro atoms. The molecule has 1 rings (SSSR count). The van der Waals surface area contributed by atoms with Crippen molar-refractivity contribution in [1.29, 1.82) is 0 Å². The molecule has 1 aliphatic heterocycles. The SMILES string of the molecule is CC(C)CC(=O)N1CCC(O)(C(F)(F)F)CC1. The number of carbonyl (C=O) groups excluding carboxylic acids is 1. The van der Waals surface area contributed by atoms with E-state index in [9.17, 15) is 23.1 Å². The molecule has 0 atom stereocenters. The molecule has 6 heteroatoms. The summed E-state index contributed by atoms with van der Waals surface area (Å²) < 4.78 is 37.5. The molecule has 0 aromatic heterocycles. The number of nitrogens with zero attached hydrogens (tertiary/aromatic N) is 1. The van der Waals surface area contributed by atoms with E-state index in [1.165, 1.54) is 4.90 Å². The molecule has 1 saturated heterocycles. The summed E-state index contributed by atoms with van der Waals surface area (Å²) in [5.41, 5.74) is -2.62. The minimum absolute atomic E-state index is 0.0262. The largest absolute Gasteiger partial charge is 0.417 e. The fraction of sp³-hybridized carbons (Fsp3) is 0.909. The number of hydrogen-bond acceptors (Lipinski definition) is 2. The van der Waals surface area contributed by atoms with Gasteiger partial charge in [0.05, 0.1) is 0 Å². The lowest BCUT2D eigenvalue weighted by Gasteiger charge is -2.39. The van der Waals surface area contributed by atoms with Crippen molar-refractivity contribution in [3.63, 3.8) is 0 Å². The normalized spacial score (nSPS) is 20.8.